The molecule has 0 radical (unpaired) electrons. The SMILES string of the molecule is CCOC(=O)c1ccc(C(O)CC)o1. The third kappa shape index (κ3) is 2.35. The van der Waals surface area contributed by atoms with Gasteiger partial charge in [-0.3, -0.25) is 0 Å². The van der Waals surface area contributed by atoms with Gasteiger partial charge < -0.3 is 14.3 Å². The van der Waals surface area contributed by atoms with Crippen LogP contribution in [0.5, 0.6) is 0 Å². The minimum atomic E-state index is -0.654. The molecule has 0 aliphatic carbocycles. The van der Waals surface area contributed by atoms with Crippen LogP contribution in [0.25, 0.3) is 0 Å². The molecule has 1 aromatic heterocycles. The van der Waals surface area contributed by atoms with Crippen LogP contribution >= 0.6 is 0 Å². The summed E-state index contributed by atoms with van der Waals surface area (Å²) >= 11 is 0. The largest absolute Gasteiger partial charge is 0.460 e. The van der Waals surface area contributed by atoms with Gasteiger partial charge in [-0.25, -0.2) is 4.79 Å². The lowest BCUT2D eigenvalue weighted by molar-refractivity contribution is 0.0480. The summed E-state index contributed by atoms with van der Waals surface area (Å²) in [6.45, 7) is 3.87. The first-order valence-corrected chi connectivity index (χ1v) is 4.64. The molecule has 0 aliphatic rings. The van der Waals surface area contributed by atoms with Gasteiger partial charge in [0.05, 0.1) is 6.61 Å². The molecule has 0 bridgehead atoms. The van der Waals surface area contributed by atoms with Crippen molar-refractivity contribution >= 4 is 5.97 Å². The van der Waals surface area contributed by atoms with Crippen molar-refractivity contribution in [1.82, 2.24) is 0 Å². The molecule has 1 N–H and O–H groups in total. The number of esters is 1. The molecular formula is C10H14O4. The highest BCUT2D eigenvalue weighted by Gasteiger charge is 2.15. The topological polar surface area (TPSA) is 59.7 Å². The van der Waals surface area contributed by atoms with Crippen molar-refractivity contribution in [2.24, 2.45) is 0 Å². The maximum absolute atomic E-state index is 11.2. The van der Waals surface area contributed by atoms with Crippen molar-refractivity contribution < 1.29 is 19.1 Å². The highest BCUT2D eigenvalue weighted by atomic mass is 16.5. The molecule has 78 valence electrons. The van der Waals surface area contributed by atoms with Gasteiger partial charge in [0, 0.05) is 0 Å². The van der Waals surface area contributed by atoms with Crippen LogP contribution in [0, 0.1) is 0 Å². The lowest BCUT2D eigenvalue weighted by Gasteiger charge is -2.02. The van der Waals surface area contributed by atoms with E-state index < -0.39 is 12.1 Å². The summed E-state index contributed by atoms with van der Waals surface area (Å²) in [6, 6.07) is 3.09. The Kier molecular flexibility index (Phi) is 3.71. The molecular weight excluding hydrogens is 184 g/mol. The number of carbonyl (C=O) groups is 1. The minimum absolute atomic E-state index is 0.134. The molecule has 0 spiro atoms. The first-order chi connectivity index (χ1) is 6.69. The second kappa shape index (κ2) is 4.81. The fourth-order valence-corrected chi connectivity index (χ4v) is 1.05. The van der Waals surface area contributed by atoms with Crippen LogP contribution in [0.4, 0.5) is 0 Å². The molecule has 4 heteroatoms. The number of aliphatic hydroxyl groups is 1. The number of hydrogen-bond acceptors (Lipinski definition) is 4. The molecule has 0 fully saturated rings. The van der Waals surface area contributed by atoms with Crippen molar-refractivity contribution in [3.05, 3.63) is 23.7 Å². The molecule has 1 unspecified atom stereocenters. The third-order valence-electron chi connectivity index (χ3n) is 1.82. The Bertz CT molecular complexity index is 303. The van der Waals surface area contributed by atoms with Gasteiger partial charge in [0.2, 0.25) is 5.76 Å². The van der Waals surface area contributed by atoms with E-state index in [2.05, 4.69) is 0 Å². The van der Waals surface area contributed by atoms with Crippen LogP contribution in [-0.2, 0) is 4.74 Å². The van der Waals surface area contributed by atoms with E-state index in [1.165, 1.54) is 6.07 Å². The van der Waals surface area contributed by atoms with Gasteiger partial charge in [0.15, 0.2) is 0 Å². The molecule has 1 aromatic rings. The van der Waals surface area contributed by atoms with E-state index in [1.54, 1.807) is 13.0 Å². The second-order valence-corrected chi connectivity index (χ2v) is 2.85. The predicted octanol–water partition coefficient (Wildman–Crippen LogP) is 1.90. The summed E-state index contributed by atoms with van der Waals surface area (Å²) < 4.78 is 9.87. The highest BCUT2D eigenvalue weighted by Crippen LogP contribution is 2.19. The number of rotatable bonds is 4. The first kappa shape index (κ1) is 10.8. The molecule has 14 heavy (non-hydrogen) atoms. The average molecular weight is 198 g/mol. The van der Waals surface area contributed by atoms with Gasteiger partial charge in [-0.1, -0.05) is 6.92 Å². The fraction of sp³-hybridized carbons (Fsp3) is 0.500. The molecule has 0 aliphatic heterocycles. The molecule has 1 heterocycles. The zero-order chi connectivity index (χ0) is 10.6. The van der Waals surface area contributed by atoms with Crippen LogP contribution in [0.2, 0.25) is 0 Å². The van der Waals surface area contributed by atoms with Crippen LogP contribution in [0.3, 0.4) is 0 Å². The molecule has 0 aromatic carbocycles. The van der Waals surface area contributed by atoms with Gasteiger partial charge in [0.1, 0.15) is 11.9 Å². The second-order valence-electron chi connectivity index (χ2n) is 2.85. The Labute approximate surface area is 82.5 Å². The summed E-state index contributed by atoms with van der Waals surface area (Å²) in [6.07, 6.45) is -0.103. The Morgan fingerprint density at radius 2 is 2.29 bits per heavy atom. The third-order valence-corrected chi connectivity index (χ3v) is 1.82. The zero-order valence-corrected chi connectivity index (χ0v) is 8.32. The normalized spacial score (nSPS) is 12.5. The van der Waals surface area contributed by atoms with Crippen molar-refractivity contribution in [3.8, 4) is 0 Å². The Balaban J connectivity index is 2.72. The zero-order valence-electron chi connectivity index (χ0n) is 8.32. The average Bonchev–Trinajstić information content (AvgIpc) is 2.66. The molecule has 4 nitrogen and oxygen atoms in total. The Hall–Kier alpha value is -1.29. The van der Waals surface area contributed by atoms with Crippen molar-refractivity contribution in [2.45, 2.75) is 26.4 Å². The standard InChI is InChI=1S/C10H14O4/c1-3-7(11)8-5-6-9(14-8)10(12)13-4-2/h5-7,11H,3-4H2,1-2H3. The summed E-state index contributed by atoms with van der Waals surface area (Å²) in [4.78, 5) is 11.2. The van der Waals surface area contributed by atoms with Crippen molar-refractivity contribution in [1.29, 1.82) is 0 Å². The number of ether oxygens (including phenoxy) is 1. The number of furan rings is 1. The van der Waals surface area contributed by atoms with Gasteiger partial charge in [-0.2, -0.15) is 0 Å². The first-order valence-electron chi connectivity index (χ1n) is 4.64. The van der Waals surface area contributed by atoms with E-state index in [4.69, 9.17) is 9.15 Å². The summed E-state index contributed by atoms with van der Waals surface area (Å²) in [5, 5.41) is 9.41. The van der Waals surface area contributed by atoms with E-state index >= 15 is 0 Å². The quantitative estimate of drug-likeness (QED) is 0.750. The van der Waals surface area contributed by atoms with Gasteiger partial charge in [0.25, 0.3) is 0 Å². The molecule has 0 amide bonds. The molecule has 0 saturated heterocycles. The van der Waals surface area contributed by atoms with E-state index in [0.29, 0.717) is 18.8 Å². The van der Waals surface area contributed by atoms with Crippen LogP contribution in [0.1, 0.15) is 42.7 Å². The predicted molar refractivity (Wildman–Crippen MR) is 49.9 cm³/mol. The lowest BCUT2D eigenvalue weighted by atomic mass is 10.2. The van der Waals surface area contributed by atoms with Gasteiger partial charge >= 0.3 is 5.97 Å². The summed E-state index contributed by atoms with van der Waals surface area (Å²) in [5.41, 5.74) is 0. The Morgan fingerprint density at radius 3 is 2.86 bits per heavy atom. The maximum Gasteiger partial charge on any atom is 0.374 e. The van der Waals surface area contributed by atoms with Gasteiger partial charge in [-0.15, -0.1) is 0 Å². The van der Waals surface area contributed by atoms with E-state index in [1.807, 2.05) is 6.92 Å². The van der Waals surface area contributed by atoms with Gasteiger partial charge in [-0.05, 0) is 25.5 Å². The number of hydrogen-bond donors (Lipinski definition) is 1. The van der Waals surface area contributed by atoms with E-state index in [9.17, 15) is 9.90 Å². The van der Waals surface area contributed by atoms with E-state index in [0.717, 1.165) is 0 Å². The summed E-state index contributed by atoms with van der Waals surface area (Å²) in [7, 11) is 0. The fourth-order valence-electron chi connectivity index (χ4n) is 1.05. The van der Waals surface area contributed by atoms with E-state index in [-0.39, 0.29) is 5.76 Å². The highest BCUT2D eigenvalue weighted by molar-refractivity contribution is 5.86. The Morgan fingerprint density at radius 1 is 1.57 bits per heavy atom. The summed E-state index contributed by atoms with van der Waals surface area (Å²) in [5.74, 6) is 0.0342. The van der Waals surface area contributed by atoms with Crippen LogP contribution in [-0.4, -0.2) is 17.7 Å². The van der Waals surface area contributed by atoms with Crippen molar-refractivity contribution in [2.75, 3.05) is 6.61 Å². The van der Waals surface area contributed by atoms with Crippen LogP contribution in [0.15, 0.2) is 16.5 Å². The smallest absolute Gasteiger partial charge is 0.374 e. The van der Waals surface area contributed by atoms with Crippen molar-refractivity contribution in [3.63, 3.8) is 0 Å². The lowest BCUT2D eigenvalue weighted by Crippen LogP contribution is -2.02. The van der Waals surface area contributed by atoms with Crippen LogP contribution < -0.4 is 0 Å². The molecule has 1 atom stereocenters. The number of carbonyl (C=O) groups excluding carboxylic acids is 1. The maximum atomic E-state index is 11.2. The molecule has 1 rings (SSSR count). The molecule has 0 saturated carbocycles. The monoisotopic (exact) mass is 198 g/mol. The minimum Gasteiger partial charge on any atom is -0.460 e. The number of aliphatic hydroxyl groups excluding tert-OH is 1.